The van der Waals surface area contributed by atoms with Crippen molar-refractivity contribution in [3.8, 4) is 11.1 Å². The normalized spacial score (nSPS) is 12.9. The Morgan fingerprint density at radius 1 is 0.316 bits per heavy atom. The molecule has 0 fully saturated rings. The van der Waals surface area contributed by atoms with Gasteiger partial charge in [0.05, 0.1) is 5.69 Å². The number of benzene rings is 10. The Morgan fingerprint density at radius 2 is 0.860 bits per heavy atom. The fourth-order valence-corrected chi connectivity index (χ4v) is 12.5. The smallest absolute Gasteiger partial charge is 0.113 e. The van der Waals surface area contributed by atoms with Crippen LogP contribution in [-0.4, -0.2) is 8.07 Å². The second-order valence-electron chi connectivity index (χ2n) is 15.8. The molecule has 2 nitrogen and oxygen atoms in total. The molecule has 57 heavy (non-hydrogen) atoms. The Kier molecular flexibility index (Phi) is 7.67. The summed E-state index contributed by atoms with van der Waals surface area (Å²) in [5.74, 6) is 0. The minimum atomic E-state index is -2.19. The average Bonchev–Trinajstić information content (AvgIpc) is 3.27. The fraction of sp³-hybridized carbons (Fsp3) is 0.0370. The molecule has 0 aromatic heterocycles. The number of para-hydroxylation sites is 3. The lowest BCUT2D eigenvalue weighted by Crippen LogP contribution is -2.56. The second kappa shape index (κ2) is 13.1. The van der Waals surface area contributed by atoms with Crippen LogP contribution in [0.2, 0.25) is 13.1 Å². The number of fused-ring (bicyclic) bond motifs is 7. The summed E-state index contributed by atoms with van der Waals surface area (Å²) in [6.45, 7) is 5.07. The van der Waals surface area contributed by atoms with Crippen LogP contribution in [0.1, 0.15) is 0 Å². The highest BCUT2D eigenvalue weighted by atomic mass is 28.3. The molecular formula is C54H40N2Si. The van der Waals surface area contributed by atoms with Crippen LogP contribution in [-0.2, 0) is 0 Å². The summed E-state index contributed by atoms with van der Waals surface area (Å²) in [5.41, 5.74) is 9.65. The van der Waals surface area contributed by atoms with E-state index in [2.05, 4.69) is 229 Å². The fourth-order valence-electron chi connectivity index (χ4n) is 9.45. The molecule has 0 spiro atoms. The van der Waals surface area contributed by atoms with Crippen LogP contribution >= 0.6 is 0 Å². The molecule has 11 rings (SSSR count). The Labute approximate surface area is 334 Å². The zero-order chi connectivity index (χ0) is 38.1. The van der Waals surface area contributed by atoms with Crippen LogP contribution < -0.4 is 20.2 Å². The van der Waals surface area contributed by atoms with Crippen LogP contribution in [0.3, 0.4) is 0 Å². The molecule has 1 aliphatic rings. The molecule has 0 atom stereocenters. The molecule has 0 amide bonds. The summed E-state index contributed by atoms with van der Waals surface area (Å²) < 4.78 is 0. The van der Waals surface area contributed by atoms with Crippen molar-refractivity contribution in [3.63, 3.8) is 0 Å². The van der Waals surface area contributed by atoms with Gasteiger partial charge >= 0.3 is 0 Å². The molecule has 3 heteroatoms. The average molecular weight is 745 g/mol. The van der Waals surface area contributed by atoms with E-state index in [0.717, 1.165) is 22.7 Å². The maximum Gasteiger partial charge on any atom is 0.113 e. The van der Waals surface area contributed by atoms with Crippen LogP contribution in [0.25, 0.3) is 54.2 Å². The van der Waals surface area contributed by atoms with Gasteiger partial charge < -0.3 is 9.80 Å². The maximum absolute atomic E-state index is 2.54. The summed E-state index contributed by atoms with van der Waals surface area (Å²) in [7, 11) is -2.19. The van der Waals surface area contributed by atoms with Gasteiger partial charge in [-0.15, -0.1) is 0 Å². The third kappa shape index (κ3) is 5.31. The largest absolute Gasteiger partial charge is 0.311 e. The molecule has 270 valence electrons. The van der Waals surface area contributed by atoms with E-state index >= 15 is 0 Å². The first-order valence-corrected chi connectivity index (χ1v) is 22.9. The van der Waals surface area contributed by atoms with E-state index in [1.54, 1.807) is 0 Å². The third-order valence-corrected chi connectivity index (χ3v) is 15.7. The minimum absolute atomic E-state index is 1.14. The molecule has 0 aliphatic carbocycles. The van der Waals surface area contributed by atoms with E-state index in [-0.39, 0.29) is 0 Å². The summed E-state index contributed by atoms with van der Waals surface area (Å²) in [6, 6.07) is 76.1. The second-order valence-corrected chi connectivity index (χ2v) is 20.1. The van der Waals surface area contributed by atoms with E-state index < -0.39 is 8.07 Å². The Bertz CT molecular complexity index is 3120. The van der Waals surface area contributed by atoms with Crippen LogP contribution in [0.5, 0.6) is 0 Å². The SMILES string of the molecule is C[Si]1(C)c2cc(N(c3ccccc3)c3ccccc3)ccc2-c2cc3c4ccccc4c(N(c4ccccc4)c4ccc5ccccc5c4)cc3c3cccc1c23. The van der Waals surface area contributed by atoms with E-state index in [1.807, 2.05) is 0 Å². The first-order valence-electron chi connectivity index (χ1n) is 19.9. The highest BCUT2D eigenvalue weighted by Crippen LogP contribution is 2.47. The first-order chi connectivity index (χ1) is 28.0. The van der Waals surface area contributed by atoms with Gasteiger partial charge in [-0.25, -0.2) is 0 Å². The van der Waals surface area contributed by atoms with Crippen molar-refractivity contribution in [1.82, 2.24) is 0 Å². The highest BCUT2D eigenvalue weighted by molar-refractivity contribution is 7.03. The first kappa shape index (κ1) is 33.4. The molecule has 0 saturated carbocycles. The van der Waals surface area contributed by atoms with E-state index in [9.17, 15) is 0 Å². The van der Waals surface area contributed by atoms with Gasteiger partial charge in [-0.1, -0.05) is 147 Å². The molecule has 0 N–H and O–H groups in total. The van der Waals surface area contributed by atoms with Crippen LogP contribution in [0.15, 0.2) is 206 Å². The van der Waals surface area contributed by atoms with Crippen molar-refractivity contribution in [3.05, 3.63) is 206 Å². The predicted molar refractivity (Wildman–Crippen MR) is 248 cm³/mol. The molecular weight excluding hydrogens is 705 g/mol. The summed E-state index contributed by atoms with van der Waals surface area (Å²) in [5, 5.41) is 13.2. The Hall–Kier alpha value is -6.94. The van der Waals surface area contributed by atoms with Crippen molar-refractivity contribution in [2.24, 2.45) is 0 Å². The summed E-state index contributed by atoms with van der Waals surface area (Å²) in [6.07, 6.45) is 0. The topological polar surface area (TPSA) is 6.48 Å². The Morgan fingerprint density at radius 3 is 1.56 bits per heavy atom. The molecule has 10 aromatic carbocycles. The number of hydrogen-bond acceptors (Lipinski definition) is 2. The standard InChI is InChI=1S/C54H40N2Si/c1-57(2)52-28-16-27-47-49-36-51(56(41-23-10-5-11-24-41)42-30-29-37-17-12-13-18-38(37)33-42)45-26-15-14-25-44(45)48(49)35-50(54(47)52)46-32-31-43(34-53(46)57)55(39-19-6-3-7-20-39)40-21-8-4-9-22-40/h3-36H,1-2H3. The number of rotatable bonds is 6. The van der Waals surface area contributed by atoms with E-state index in [4.69, 9.17) is 0 Å². The number of anilines is 6. The monoisotopic (exact) mass is 744 g/mol. The van der Waals surface area contributed by atoms with E-state index in [0.29, 0.717) is 0 Å². The van der Waals surface area contributed by atoms with Gasteiger partial charge in [-0.3, -0.25) is 0 Å². The Balaban J connectivity index is 1.17. The molecule has 0 unspecified atom stereocenters. The van der Waals surface area contributed by atoms with Crippen molar-refractivity contribution in [2.75, 3.05) is 9.80 Å². The lowest BCUT2D eigenvalue weighted by atomic mass is 9.89. The van der Waals surface area contributed by atoms with Crippen molar-refractivity contribution in [1.29, 1.82) is 0 Å². The van der Waals surface area contributed by atoms with Crippen LogP contribution in [0, 0.1) is 0 Å². The van der Waals surface area contributed by atoms with Gasteiger partial charge in [0.1, 0.15) is 8.07 Å². The zero-order valence-electron chi connectivity index (χ0n) is 32.0. The van der Waals surface area contributed by atoms with Gasteiger partial charge in [0, 0.05) is 33.8 Å². The predicted octanol–water partition coefficient (Wildman–Crippen LogP) is 14.0. The molecule has 0 saturated heterocycles. The van der Waals surface area contributed by atoms with Gasteiger partial charge in [-0.2, -0.15) is 0 Å². The maximum atomic E-state index is 2.54. The molecule has 0 radical (unpaired) electrons. The van der Waals surface area contributed by atoms with Crippen LogP contribution in [0.4, 0.5) is 34.1 Å². The summed E-state index contributed by atoms with van der Waals surface area (Å²) >= 11 is 0. The van der Waals surface area contributed by atoms with E-state index in [1.165, 1.54) is 76.0 Å². The van der Waals surface area contributed by atoms with Gasteiger partial charge in [0.15, 0.2) is 0 Å². The van der Waals surface area contributed by atoms with Gasteiger partial charge in [0.2, 0.25) is 0 Å². The molecule has 1 heterocycles. The minimum Gasteiger partial charge on any atom is -0.311 e. The lowest BCUT2D eigenvalue weighted by Gasteiger charge is -2.36. The molecule has 1 aliphatic heterocycles. The lowest BCUT2D eigenvalue weighted by molar-refractivity contribution is 1.29. The van der Waals surface area contributed by atoms with Crippen molar-refractivity contribution < 1.29 is 0 Å². The number of nitrogens with zero attached hydrogens (tertiary/aromatic N) is 2. The van der Waals surface area contributed by atoms with Crippen molar-refractivity contribution >= 4 is 95.7 Å². The molecule has 0 bridgehead atoms. The van der Waals surface area contributed by atoms with Crippen molar-refractivity contribution in [2.45, 2.75) is 13.1 Å². The molecule has 10 aromatic rings. The highest BCUT2D eigenvalue weighted by Gasteiger charge is 2.36. The quantitative estimate of drug-likeness (QED) is 0.124. The number of hydrogen-bond donors (Lipinski definition) is 0. The third-order valence-electron chi connectivity index (χ3n) is 12.2. The van der Waals surface area contributed by atoms with Gasteiger partial charge in [0.25, 0.3) is 0 Å². The zero-order valence-corrected chi connectivity index (χ0v) is 33.0. The van der Waals surface area contributed by atoms with Gasteiger partial charge in [-0.05, 0) is 132 Å². The summed E-state index contributed by atoms with van der Waals surface area (Å²) in [4.78, 5) is 4.84.